The third-order valence-electron chi connectivity index (χ3n) is 2.26. The molecule has 0 radical (unpaired) electrons. The van der Waals surface area contributed by atoms with E-state index in [1.165, 1.54) is 0 Å². The van der Waals surface area contributed by atoms with Crippen molar-refractivity contribution in [3.63, 3.8) is 0 Å². The van der Waals surface area contributed by atoms with Crippen molar-refractivity contribution in [1.82, 2.24) is 4.90 Å². The smallest absolute Gasteiger partial charge is 0.233 e. The van der Waals surface area contributed by atoms with Crippen molar-refractivity contribution in [2.75, 3.05) is 12.4 Å². The highest BCUT2D eigenvalue weighted by molar-refractivity contribution is 9.09. The molecule has 0 rings (SSSR count). The zero-order chi connectivity index (χ0) is 9.07. The van der Waals surface area contributed by atoms with Crippen molar-refractivity contribution in [1.29, 1.82) is 0 Å². The fourth-order valence-electron chi connectivity index (χ4n) is 0.664. The number of nitrogens with zero attached hydrogens (tertiary/aromatic N) is 1. The topological polar surface area (TPSA) is 20.3 Å². The molecule has 0 aromatic carbocycles. The second kappa shape index (κ2) is 4.10. The van der Waals surface area contributed by atoms with Crippen LogP contribution in [0, 0.1) is 0 Å². The number of halogens is 1. The fourth-order valence-corrected chi connectivity index (χ4v) is 1.04. The van der Waals surface area contributed by atoms with Gasteiger partial charge in [-0.3, -0.25) is 4.79 Å². The molecular weight excluding hydrogens is 206 g/mol. The van der Waals surface area contributed by atoms with Crippen LogP contribution in [0.15, 0.2) is 0 Å². The number of amides is 1. The van der Waals surface area contributed by atoms with E-state index in [9.17, 15) is 4.79 Å². The lowest BCUT2D eigenvalue weighted by molar-refractivity contribution is -0.131. The summed E-state index contributed by atoms with van der Waals surface area (Å²) in [6.45, 7) is 6.21. The summed E-state index contributed by atoms with van der Waals surface area (Å²) in [7, 11) is 1.84. The van der Waals surface area contributed by atoms with E-state index in [1.807, 2.05) is 7.05 Å². The van der Waals surface area contributed by atoms with Crippen molar-refractivity contribution in [3.8, 4) is 0 Å². The normalized spacial score (nSPS) is 11.4. The van der Waals surface area contributed by atoms with E-state index in [4.69, 9.17) is 0 Å². The lowest BCUT2D eigenvalue weighted by Gasteiger charge is -2.34. The molecule has 0 unspecified atom stereocenters. The number of alkyl halides is 1. The summed E-state index contributed by atoms with van der Waals surface area (Å²) in [5, 5.41) is 0.410. The van der Waals surface area contributed by atoms with Gasteiger partial charge in [0.25, 0.3) is 0 Å². The third-order valence-corrected chi connectivity index (χ3v) is 2.74. The van der Waals surface area contributed by atoms with E-state index < -0.39 is 0 Å². The number of carbonyl (C=O) groups excluding carboxylic acids is 1. The lowest BCUT2D eigenvalue weighted by Crippen LogP contribution is -2.45. The molecule has 0 N–H and O–H groups in total. The Morgan fingerprint density at radius 3 is 2.27 bits per heavy atom. The number of hydrogen-bond acceptors (Lipinski definition) is 1. The van der Waals surface area contributed by atoms with Gasteiger partial charge in [0.15, 0.2) is 0 Å². The van der Waals surface area contributed by atoms with Gasteiger partial charge in [-0.05, 0) is 20.3 Å². The molecule has 0 aliphatic carbocycles. The minimum Gasteiger partial charge on any atom is -0.340 e. The highest BCUT2D eigenvalue weighted by atomic mass is 79.9. The van der Waals surface area contributed by atoms with Crippen molar-refractivity contribution >= 4 is 21.8 Å². The van der Waals surface area contributed by atoms with Crippen molar-refractivity contribution in [3.05, 3.63) is 0 Å². The average Bonchev–Trinajstić information content (AvgIpc) is 2.01. The van der Waals surface area contributed by atoms with Crippen LogP contribution in [0.5, 0.6) is 0 Å². The largest absolute Gasteiger partial charge is 0.340 e. The van der Waals surface area contributed by atoms with Gasteiger partial charge < -0.3 is 4.90 Å². The van der Waals surface area contributed by atoms with Gasteiger partial charge in [0, 0.05) is 12.6 Å². The van der Waals surface area contributed by atoms with Gasteiger partial charge in [0.1, 0.15) is 0 Å². The zero-order valence-electron chi connectivity index (χ0n) is 7.65. The van der Waals surface area contributed by atoms with Crippen LogP contribution in [-0.2, 0) is 4.79 Å². The quantitative estimate of drug-likeness (QED) is 0.669. The van der Waals surface area contributed by atoms with E-state index in [0.717, 1.165) is 6.42 Å². The standard InChI is InChI=1S/C8H16BrNO/c1-5-8(2,3)10(4)7(11)6-9/h5-6H2,1-4H3. The molecule has 0 atom stereocenters. The van der Waals surface area contributed by atoms with Gasteiger partial charge in [-0.15, -0.1) is 0 Å². The molecular formula is C8H16BrNO. The first-order valence-electron chi connectivity index (χ1n) is 3.78. The predicted molar refractivity (Wildman–Crippen MR) is 50.9 cm³/mol. The molecule has 0 spiro atoms. The maximum Gasteiger partial charge on any atom is 0.233 e. The Kier molecular flexibility index (Phi) is 4.08. The number of rotatable bonds is 3. The van der Waals surface area contributed by atoms with Crippen LogP contribution in [-0.4, -0.2) is 28.7 Å². The molecule has 0 aliphatic heterocycles. The maximum atomic E-state index is 11.2. The van der Waals surface area contributed by atoms with Gasteiger partial charge in [-0.2, -0.15) is 0 Å². The summed E-state index contributed by atoms with van der Waals surface area (Å²) >= 11 is 3.15. The minimum absolute atomic E-state index is 0.0230. The Hall–Kier alpha value is -0.0500. The van der Waals surface area contributed by atoms with E-state index >= 15 is 0 Å². The molecule has 0 heterocycles. The highest BCUT2D eigenvalue weighted by Crippen LogP contribution is 2.16. The summed E-state index contributed by atoms with van der Waals surface area (Å²) in [5.41, 5.74) is -0.0230. The molecule has 66 valence electrons. The van der Waals surface area contributed by atoms with Gasteiger partial charge in [0.05, 0.1) is 5.33 Å². The molecule has 3 heteroatoms. The van der Waals surface area contributed by atoms with Crippen molar-refractivity contribution in [2.24, 2.45) is 0 Å². The molecule has 0 saturated carbocycles. The third kappa shape index (κ3) is 2.81. The number of hydrogen-bond donors (Lipinski definition) is 0. The lowest BCUT2D eigenvalue weighted by atomic mass is 10.0. The summed E-state index contributed by atoms with van der Waals surface area (Å²) in [4.78, 5) is 13.0. The van der Waals surface area contributed by atoms with E-state index in [-0.39, 0.29) is 11.4 Å². The molecule has 1 amide bonds. The van der Waals surface area contributed by atoms with Crippen LogP contribution in [0.4, 0.5) is 0 Å². The van der Waals surface area contributed by atoms with E-state index in [2.05, 4.69) is 36.7 Å². The Balaban J connectivity index is 4.22. The molecule has 11 heavy (non-hydrogen) atoms. The van der Waals surface area contributed by atoms with E-state index in [1.54, 1.807) is 4.90 Å². The van der Waals surface area contributed by atoms with Crippen LogP contribution in [0.1, 0.15) is 27.2 Å². The van der Waals surface area contributed by atoms with Crippen LogP contribution in [0.25, 0.3) is 0 Å². The Labute approximate surface area is 77.1 Å². The Morgan fingerprint density at radius 2 is 2.00 bits per heavy atom. The van der Waals surface area contributed by atoms with Crippen molar-refractivity contribution < 1.29 is 4.79 Å². The molecule has 2 nitrogen and oxygen atoms in total. The fraction of sp³-hybridized carbons (Fsp3) is 0.875. The summed E-state index contributed by atoms with van der Waals surface area (Å²) in [6, 6.07) is 0. The first-order valence-corrected chi connectivity index (χ1v) is 4.90. The first-order chi connectivity index (χ1) is 4.95. The van der Waals surface area contributed by atoms with Gasteiger partial charge in [0.2, 0.25) is 5.91 Å². The maximum absolute atomic E-state index is 11.2. The molecule has 0 fully saturated rings. The Morgan fingerprint density at radius 1 is 1.55 bits per heavy atom. The summed E-state index contributed by atoms with van der Waals surface area (Å²) in [5.74, 6) is 0.136. The molecule has 0 aromatic rings. The van der Waals surface area contributed by atoms with Gasteiger partial charge >= 0.3 is 0 Å². The van der Waals surface area contributed by atoms with Crippen molar-refractivity contribution in [2.45, 2.75) is 32.7 Å². The average molecular weight is 222 g/mol. The van der Waals surface area contributed by atoms with E-state index in [0.29, 0.717) is 5.33 Å². The van der Waals surface area contributed by atoms with Crippen LogP contribution in [0.3, 0.4) is 0 Å². The monoisotopic (exact) mass is 221 g/mol. The van der Waals surface area contributed by atoms with Crippen LogP contribution < -0.4 is 0 Å². The van der Waals surface area contributed by atoms with Crippen LogP contribution in [0.2, 0.25) is 0 Å². The Bertz CT molecular complexity index is 145. The van der Waals surface area contributed by atoms with Gasteiger partial charge in [-0.25, -0.2) is 0 Å². The second-order valence-electron chi connectivity index (χ2n) is 3.25. The molecule has 0 aromatic heterocycles. The summed E-state index contributed by atoms with van der Waals surface area (Å²) < 4.78 is 0. The highest BCUT2D eigenvalue weighted by Gasteiger charge is 2.24. The second-order valence-corrected chi connectivity index (χ2v) is 3.81. The van der Waals surface area contributed by atoms with Crippen LogP contribution >= 0.6 is 15.9 Å². The van der Waals surface area contributed by atoms with Gasteiger partial charge in [-0.1, -0.05) is 22.9 Å². The zero-order valence-corrected chi connectivity index (χ0v) is 9.23. The summed E-state index contributed by atoms with van der Waals surface area (Å²) in [6.07, 6.45) is 0.974. The SMILES string of the molecule is CCC(C)(C)N(C)C(=O)CBr. The number of carbonyl (C=O) groups is 1. The first kappa shape index (κ1) is 11.0. The predicted octanol–water partition coefficient (Wildman–Crippen LogP) is 2.03. The molecule has 0 bridgehead atoms. The molecule has 0 aliphatic rings. The molecule has 0 saturated heterocycles. The minimum atomic E-state index is -0.0230.